The molecule has 2 aromatic rings. The standard InChI is InChI=1S/C14H14N2O3/c1-9-7-12(17)13(14(18)19-9)11(16-15)8-10-5-3-2-4-6-10/h2-7,17H,8,15H2,1H3/b16-11-. The number of hydrazone groups is 1. The van der Waals surface area contributed by atoms with Gasteiger partial charge in [-0.3, -0.25) is 0 Å². The van der Waals surface area contributed by atoms with E-state index in [9.17, 15) is 9.90 Å². The molecule has 0 fully saturated rings. The van der Waals surface area contributed by atoms with Crippen molar-refractivity contribution in [3.8, 4) is 5.75 Å². The first kappa shape index (κ1) is 12.9. The Morgan fingerprint density at radius 2 is 2.05 bits per heavy atom. The first-order valence-electron chi connectivity index (χ1n) is 5.76. The summed E-state index contributed by atoms with van der Waals surface area (Å²) in [5.74, 6) is 5.49. The van der Waals surface area contributed by atoms with Crippen LogP contribution >= 0.6 is 0 Å². The maximum atomic E-state index is 11.8. The Balaban J connectivity index is 2.42. The van der Waals surface area contributed by atoms with E-state index in [4.69, 9.17) is 10.3 Å². The van der Waals surface area contributed by atoms with Crippen LogP contribution in [0.3, 0.4) is 0 Å². The van der Waals surface area contributed by atoms with Crippen molar-refractivity contribution < 1.29 is 9.52 Å². The van der Waals surface area contributed by atoms with Gasteiger partial charge in [-0.15, -0.1) is 0 Å². The molecule has 0 unspecified atom stereocenters. The third-order valence-corrected chi connectivity index (χ3v) is 2.71. The summed E-state index contributed by atoms with van der Waals surface area (Å²) in [4.78, 5) is 11.8. The van der Waals surface area contributed by atoms with E-state index in [0.717, 1.165) is 5.56 Å². The van der Waals surface area contributed by atoms with E-state index < -0.39 is 5.63 Å². The van der Waals surface area contributed by atoms with Crippen LogP contribution < -0.4 is 11.5 Å². The number of nitrogens with zero attached hydrogens (tertiary/aromatic N) is 1. The van der Waals surface area contributed by atoms with Gasteiger partial charge in [0, 0.05) is 12.5 Å². The third-order valence-electron chi connectivity index (χ3n) is 2.71. The third kappa shape index (κ3) is 2.82. The van der Waals surface area contributed by atoms with Crippen molar-refractivity contribution in [3.05, 3.63) is 63.7 Å². The van der Waals surface area contributed by atoms with E-state index in [1.54, 1.807) is 6.92 Å². The number of aromatic hydroxyl groups is 1. The summed E-state index contributed by atoms with van der Waals surface area (Å²) < 4.78 is 4.96. The Morgan fingerprint density at radius 3 is 2.63 bits per heavy atom. The molecule has 5 nitrogen and oxygen atoms in total. The lowest BCUT2D eigenvalue weighted by Gasteiger charge is -2.07. The Labute approximate surface area is 110 Å². The van der Waals surface area contributed by atoms with Crippen molar-refractivity contribution in [2.75, 3.05) is 0 Å². The molecule has 0 aliphatic rings. The molecular formula is C14H14N2O3. The van der Waals surface area contributed by atoms with Crippen LogP contribution in [0.25, 0.3) is 0 Å². The maximum Gasteiger partial charge on any atom is 0.348 e. The van der Waals surface area contributed by atoms with E-state index in [0.29, 0.717) is 12.2 Å². The van der Waals surface area contributed by atoms with Crippen molar-refractivity contribution in [2.24, 2.45) is 10.9 Å². The molecule has 98 valence electrons. The smallest absolute Gasteiger partial charge is 0.348 e. The van der Waals surface area contributed by atoms with Gasteiger partial charge in [-0.2, -0.15) is 5.10 Å². The molecule has 3 N–H and O–H groups in total. The van der Waals surface area contributed by atoms with Crippen molar-refractivity contribution in [3.63, 3.8) is 0 Å². The normalized spacial score (nSPS) is 11.5. The van der Waals surface area contributed by atoms with Crippen molar-refractivity contribution in [1.82, 2.24) is 0 Å². The molecule has 0 aliphatic heterocycles. The summed E-state index contributed by atoms with van der Waals surface area (Å²) in [7, 11) is 0. The zero-order valence-corrected chi connectivity index (χ0v) is 10.5. The highest BCUT2D eigenvalue weighted by molar-refractivity contribution is 6.03. The van der Waals surface area contributed by atoms with Gasteiger partial charge in [-0.05, 0) is 12.5 Å². The van der Waals surface area contributed by atoms with Gasteiger partial charge in [-0.1, -0.05) is 30.3 Å². The second kappa shape index (κ2) is 5.39. The van der Waals surface area contributed by atoms with Crippen LogP contribution in [-0.2, 0) is 6.42 Å². The molecule has 1 aromatic carbocycles. The predicted molar refractivity (Wildman–Crippen MR) is 72.3 cm³/mol. The lowest BCUT2D eigenvalue weighted by atomic mass is 10.0. The second-order valence-corrected chi connectivity index (χ2v) is 4.14. The Kier molecular flexibility index (Phi) is 3.66. The zero-order valence-electron chi connectivity index (χ0n) is 10.5. The summed E-state index contributed by atoms with van der Waals surface area (Å²) in [6, 6.07) is 10.8. The molecular weight excluding hydrogens is 244 g/mol. The zero-order chi connectivity index (χ0) is 13.8. The molecule has 2 rings (SSSR count). The molecule has 0 atom stereocenters. The first-order valence-corrected chi connectivity index (χ1v) is 5.76. The van der Waals surface area contributed by atoms with Gasteiger partial charge in [0.05, 0.1) is 5.71 Å². The summed E-state index contributed by atoms with van der Waals surface area (Å²) >= 11 is 0. The van der Waals surface area contributed by atoms with Crippen LogP contribution in [0.4, 0.5) is 0 Å². The molecule has 0 bridgehead atoms. The molecule has 0 saturated heterocycles. The minimum atomic E-state index is -0.641. The molecule has 5 heteroatoms. The molecule has 1 aromatic heterocycles. The fraction of sp³-hybridized carbons (Fsp3) is 0.143. The Hall–Kier alpha value is -2.56. The summed E-state index contributed by atoms with van der Waals surface area (Å²) in [6.07, 6.45) is 0.346. The average Bonchev–Trinajstić information content (AvgIpc) is 2.37. The maximum absolute atomic E-state index is 11.8. The highest BCUT2D eigenvalue weighted by atomic mass is 16.4. The fourth-order valence-corrected chi connectivity index (χ4v) is 1.85. The number of benzene rings is 1. The average molecular weight is 258 g/mol. The quantitative estimate of drug-likeness (QED) is 0.496. The van der Waals surface area contributed by atoms with Crippen molar-refractivity contribution in [2.45, 2.75) is 13.3 Å². The highest BCUT2D eigenvalue weighted by Gasteiger charge is 2.16. The molecule has 19 heavy (non-hydrogen) atoms. The van der Waals surface area contributed by atoms with Gasteiger partial charge < -0.3 is 15.4 Å². The van der Waals surface area contributed by atoms with E-state index in [2.05, 4.69) is 5.10 Å². The number of hydrogen-bond acceptors (Lipinski definition) is 5. The summed E-state index contributed by atoms with van der Waals surface area (Å²) in [5.41, 5.74) is 0.595. The topological polar surface area (TPSA) is 88.8 Å². The van der Waals surface area contributed by atoms with Crippen LogP contribution in [0.5, 0.6) is 5.75 Å². The Bertz CT molecular complexity index is 660. The van der Waals surface area contributed by atoms with Crippen LogP contribution in [0.15, 0.2) is 50.7 Å². The van der Waals surface area contributed by atoms with Crippen LogP contribution in [0.1, 0.15) is 16.9 Å². The van der Waals surface area contributed by atoms with Crippen molar-refractivity contribution in [1.29, 1.82) is 0 Å². The van der Waals surface area contributed by atoms with Gasteiger partial charge in [0.25, 0.3) is 0 Å². The summed E-state index contributed by atoms with van der Waals surface area (Å²) in [5, 5.41) is 13.5. The van der Waals surface area contributed by atoms with Crippen LogP contribution in [0, 0.1) is 6.92 Å². The minimum Gasteiger partial charge on any atom is -0.507 e. The molecule has 0 radical (unpaired) electrons. The van der Waals surface area contributed by atoms with Gasteiger partial charge in [0.15, 0.2) is 0 Å². The number of aryl methyl sites for hydroxylation is 1. The predicted octanol–water partition coefficient (Wildman–Crippen LogP) is 1.56. The lowest BCUT2D eigenvalue weighted by Crippen LogP contribution is -2.19. The minimum absolute atomic E-state index is 0.0111. The number of rotatable bonds is 3. The first-order chi connectivity index (χ1) is 9.11. The van der Waals surface area contributed by atoms with E-state index >= 15 is 0 Å². The molecule has 0 amide bonds. The fourth-order valence-electron chi connectivity index (χ4n) is 1.85. The van der Waals surface area contributed by atoms with E-state index in [1.165, 1.54) is 6.07 Å². The largest absolute Gasteiger partial charge is 0.507 e. The number of nitrogens with two attached hydrogens (primary N) is 1. The van der Waals surface area contributed by atoms with Gasteiger partial charge >= 0.3 is 5.63 Å². The lowest BCUT2D eigenvalue weighted by molar-refractivity contribution is 0.432. The van der Waals surface area contributed by atoms with Crippen LogP contribution in [0.2, 0.25) is 0 Å². The van der Waals surface area contributed by atoms with E-state index in [1.807, 2.05) is 30.3 Å². The van der Waals surface area contributed by atoms with Crippen molar-refractivity contribution >= 4 is 5.71 Å². The highest BCUT2D eigenvalue weighted by Crippen LogP contribution is 2.17. The molecule has 0 aliphatic carbocycles. The summed E-state index contributed by atoms with van der Waals surface area (Å²) in [6.45, 7) is 1.58. The number of hydrogen-bond donors (Lipinski definition) is 2. The molecule has 0 spiro atoms. The molecule has 1 heterocycles. The second-order valence-electron chi connectivity index (χ2n) is 4.14. The Morgan fingerprint density at radius 1 is 1.37 bits per heavy atom. The van der Waals surface area contributed by atoms with Gasteiger partial charge in [-0.25, -0.2) is 4.79 Å². The van der Waals surface area contributed by atoms with Crippen LogP contribution in [-0.4, -0.2) is 10.8 Å². The van der Waals surface area contributed by atoms with Gasteiger partial charge in [0.1, 0.15) is 17.1 Å². The van der Waals surface area contributed by atoms with E-state index in [-0.39, 0.29) is 17.0 Å². The van der Waals surface area contributed by atoms with Gasteiger partial charge in [0.2, 0.25) is 0 Å². The monoisotopic (exact) mass is 258 g/mol. The SMILES string of the molecule is Cc1cc(O)c(/C(Cc2ccccc2)=N\N)c(=O)o1. The molecule has 0 saturated carbocycles.